The van der Waals surface area contributed by atoms with Crippen molar-refractivity contribution in [2.75, 3.05) is 24.5 Å². The number of fused-ring (bicyclic) bond motifs is 1. The van der Waals surface area contributed by atoms with E-state index in [-0.39, 0.29) is 11.5 Å². The predicted octanol–water partition coefficient (Wildman–Crippen LogP) is 6.05. The fraction of sp³-hybridized carbons (Fsp3) is 0.571. The Hall–Kier alpha value is -2.19. The summed E-state index contributed by atoms with van der Waals surface area (Å²) in [7, 11) is 0. The number of hydrogen-bond acceptors (Lipinski definition) is 6. The van der Waals surface area contributed by atoms with Gasteiger partial charge in [-0.25, -0.2) is 4.98 Å². The summed E-state index contributed by atoms with van der Waals surface area (Å²) in [6.45, 7) is 11.0. The highest BCUT2D eigenvalue weighted by Crippen LogP contribution is 2.35. The van der Waals surface area contributed by atoms with Gasteiger partial charge in [0.1, 0.15) is 15.8 Å². The molecule has 0 bridgehead atoms. The Balaban J connectivity index is 1.66. The van der Waals surface area contributed by atoms with Crippen LogP contribution in [-0.2, 0) is 4.79 Å². The summed E-state index contributed by atoms with van der Waals surface area (Å²) < 4.78 is 2.17. The predicted molar refractivity (Wildman–Crippen MR) is 155 cm³/mol. The van der Waals surface area contributed by atoms with E-state index in [0.717, 1.165) is 37.9 Å². The van der Waals surface area contributed by atoms with Crippen molar-refractivity contribution in [1.29, 1.82) is 0 Å². The molecular formula is C28H38N4O2S2. The highest BCUT2D eigenvalue weighted by Gasteiger charge is 2.33. The highest BCUT2D eigenvalue weighted by atomic mass is 32.2. The number of rotatable bonds is 9. The second-order valence-corrected chi connectivity index (χ2v) is 12.2. The van der Waals surface area contributed by atoms with Crippen LogP contribution in [0.5, 0.6) is 0 Å². The van der Waals surface area contributed by atoms with Crippen molar-refractivity contribution in [1.82, 2.24) is 14.3 Å². The molecule has 36 heavy (non-hydrogen) atoms. The molecule has 2 aromatic rings. The molecule has 1 amide bonds. The van der Waals surface area contributed by atoms with Crippen LogP contribution in [0.4, 0.5) is 5.82 Å². The molecule has 0 N–H and O–H groups in total. The van der Waals surface area contributed by atoms with Crippen LogP contribution in [-0.4, -0.2) is 44.1 Å². The minimum atomic E-state index is -0.147. The van der Waals surface area contributed by atoms with Gasteiger partial charge in [-0.15, -0.1) is 0 Å². The second kappa shape index (κ2) is 11.9. The van der Waals surface area contributed by atoms with E-state index in [1.807, 2.05) is 25.3 Å². The van der Waals surface area contributed by atoms with E-state index in [2.05, 4.69) is 25.7 Å². The lowest BCUT2D eigenvalue weighted by atomic mass is 9.91. The van der Waals surface area contributed by atoms with Gasteiger partial charge < -0.3 is 4.90 Å². The number of aromatic nitrogens is 2. The zero-order valence-corrected chi connectivity index (χ0v) is 23.6. The first-order valence-electron chi connectivity index (χ1n) is 13.3. The quantitative estimate of drug-likeness (QED) is 0.225. The average molecular weight is 527 g/mol. The number of hydrogen-bond donors (Lipinski definition) is 0. The molecule has 2 aromatic heterocycles. The number of carbonyl (C=O) groups excluding carboxylic acids is 1. The van der Waals surface area contributed by atoms with Crippen molar-refractivity contribution in [2.24, 2.45) is 11.8 Å². The first-order valence-corrected chi connectivity index (χ1v) is 14.5. The first kappa shape index (κ1) is 26.9. The summed E-state index contributed by atoms with van der Waals surface area (Å²) in [5.41, 5.74) is 1.93. The fourth-order valence-corrected chi connectivity index (χ4v) is 6.61. The summed E-state index contributed by atoms with van der Waals surface area (Å²) in [6.07, 6.45) is 11.7. The zero-order valence-electron chi connectivity index (χ0n) is 22.0. The number of unbranched alkanes of at least 4 members (excludes halogenated alkanes) is 5. The van der Waals surface area contributed by atoms with Crippen molar-refractivity contribution in [3.05, 3.63) is 44.7 Å². The van der Waals surface area contributed by atoms with Gasteiger partial charge in [-0.2, -0.15) is 0 Å². The average Bonchev–Trinajstić information content (AvgIpc) is 3.09. The van der Waals surface area contributed by atoms with Crippen molar-refractivity contribution in [3.63, 3.8) is 0 Å². The van der Waals surface area contributed by atoms with Crippen LogP contribution in [0.2, 0.25) is 0 Å². The lowest BCUT2D eigenvalue weighted by Crippen LogP contribution is -2.40. The maximum absolute atomic E-state index is 13.7. The molecule has 2 fully saturated rings. The summed E-state index contributed by atoms with van der Waals surface area (Å²) in [5.74, 6) is 1.59. The fourth-order valence-electron chi connectivity index (χ4n) is 5.32. The Labute approximate surface area is 224 Å². The molecule has 0 aromatic carbocycles. The molecule has 2 aliphatic rings. The number of amides is 1. The molecule has 0 unspecified atom stereocenters. The van der Waals surface area contributed by atoms with Crippen molar-refractivity contribution in [2.45, 2.75) is 72.6 Å². The largest absolute Gasteiger partial charge is 0.355 e. The van der Waals surface area contributed by atoms with Crippen LogP contribution in [0.25, 0.3) is 11.7 Å². The van der Waals surface area contributed by atoms with Gasteiger partial charge in [-0.3, -0.25) is 18.9 Å². The van der Waals surface area contributed by atoms with E-state index in [0.29, 0.717) is 44.6 Å². The minimum absolute atomic E-state index is 0.0985. The Morgan fingerprint density at radius 2 is 1.78 bits per heavy atom. The van der Waals surface area contributed by atoms with Gasteiger partial charge in [0, 0.05) is 25.8 Å². The number of anilines is 1. The smallest absolute Gasteiger partial charge is 0.267 e. The number of carbonyl (C=O) groups is 1. The van der Waals surface area contributed by atoms with Crippen molar-refractivity contribution >= 4 is 51.7 Å². The Kier molecular flexibility index (Phi) is 8.88. The molecule has 0 spiro atoms. The number of piperidine rings is 1. The second-order valence-electron chi connectivity index (χ2n) is 10.5. The SMILES string of the molecule is CCCCCCCCN1C(=O)/C(=C/c2c(N3C[C@@H](C)C[C@H](C)C3)nc3ccc(C)cn3c2=O)SC1=S. The topological polar surface area (TPSA) is 57.9 Å². The maximum atomic E-state index is 13.7. The van der Waals surface area contributed by atoms with Gasteiger partial charge >= 0.3 is 0 Å². The van der Waals surface area contributed by atoms with Crippen LogP contribution in [0, 0.1) is 18.8 Å². The summed E-state index contributed by atoms with van der Waals surface area (Å²) in [6, 6.07) is 3.86. The van der Waals surface area contributed by atoms with Gasteiger partial charge in [0.2, 0.25) is 0 Å². The molecule has 194 valence electrons. The summed E-state index contributed by atoms with van der Waals surface area (Å²) in [4.78, 5) is 36.4. The molecule has 2 atom stereocenters. The van der Waals surface area contributed by atoms with Crippen LogP contribution >= 0.6 is 24.0 Å². The van der Waals surface area contributed by atoms with E-state index >= 15 is 0 Å². The molecule has 6 nitrogen and oxygen atoms in total. The maximum Gasteiger partial charge on any atom is 0.267 e. The third-order valence-corrected chi connectivity index (χ3v) is 8.42. The number of aryl methyl sites for hydroxylation is 1. The molecule has 2 saturated heterocycles. The van der Waals surface area contributed by atoms with E-state index < -0.39 is 0 Å². The number of nitrogens with zero attached hydrogens (tertiary/aromatic N) is 4. The molecule has 0 aliphatic carbocycles. The lowest BCUT2D eigenvalue weighted by Gasteiger charge is -2.36. The minimum Gasteiger partial charge on any atom is -0.355 e. The third kappa shape index (κ3) is 6.02. The molecule has 0 saturated carbocycles. The van der Waals surface area contributed by atoms with Gasteiger partial charge in [0.05, 0.1) is 10.5 Å². The molecule has 4 rings (SSSR count). The van der Waals surface area contributed by atoms with Crippen molar-refractivity contribution < 1.29 is 4.79 Å². The standard InChI is InChI=1S/C28H38N4O2S2/c1-5-6-7-8-9-10-13-31-27(34)23(36-28(31)35)15-22-25(30-16-20(3)14-21(4)17-30)29-24-12-11-19(2)18-32(24)26(22)33/h11-12,15,18,20-21H,5-10,13-14,16-17H2,1-4H3/b23-15-/t20-,21-/m0/s1. The van der Waals surface area contributed by atoms with Crippen molar-refractivity contribution in [3.8, 4) is 0 Å². The Bertz CT molecular complexity index is 1210. The van der Waals surface area contributed by atoms with Gasteiger partial charge in [0.25, 0.3) is 11.5 Å². The molecular weight excluding hydrogens is 488 g/mol. The highest BCUT2D eigenvalue weighted by molar-refractivity contribution is 8.26. The number of pyridine rings is 1. The Morgan fingerprint density at radius 3 is 2.50 bits per heavy atom. The van der Waals surface area contributed by atoms with E-state index in [1.54, 1.807) is 15.4 Å². The Morgan fingerprint density at radius 1 is 1.08 bits per heavy atom. The van der Waals surface area contributed by atoms with Crippen LogP contribution in [0.3, 0.4) is 0 Å². The van der Waals surface area contributed by atoms with E-state index in [1.165, 1.54) is 37.4 Å². The number of thiocarbonyl (C=S) groups is 1. The molecule has 8 heteroatoms. The van der Waals surface area contributed by atoms with E-state index in [9.17, 15) is 9.59 Å². The van der Waals surface area contributed by atoms with Crippen LogP contribution in [0.1, 0.15) is 76.8 Å². The zero-order chi connectivity index (χ0) is 25.8. The van der Waals surface area contributed by atoms with Gasteiger partial charge in [-0.05, 0) is 49.3 Å². The normalized spacial score (nSPS) is 21.8. The van der Waals surface area contributed by atoms with E-state index in [4.69, 9.17) is 17.2 Å². The van der Waals surface area contributed by atoms with Crippen LogP contribution in [0.15, 0.2) is 28.0 Å². The summed E-state index contributed by atoms with van der Waals surface area (Å²) >= 11 is 6.86. The first-order chi connectivity index (χ1) is 17.3. The third-order valence-electron chi connectivity index (χ3n) is 7.04. The van der Waals surface area contributed by atoms with Gasteiger partial charge in [-0.1, -0.05) is 82.9 Å². The monoisotopic (exact) mass is 526 g/mol. The molecule has 2 aliphatic heterocycles. The van der Waals surface area contributed by atoms with Crippen LogP contribution < -0.4 is 10.5 Å². The molecule has 4 heterocycles. The lowest BCUT2D eigenvalue weighted by molar-refractivity contribution is -0.122. The number of thioether (sulfide) groups is 1. The van der Waals surface area contributed by atoms with Gasteiger partial charge in [0.15, 0.2) is 0 Å². The molecule has 0 radical (unpaired) electrons. The summed E-state index contributed by atoms with van der Waals surface area (Å²) in [5, 5.41) is 0.